The summed E-state index contributed by atoms with van der Waals surface area (Å²) in [7, 11) is 1.58. The van der Waals surface area contributed by atoms with Gasteiger partial charge in [-0.2, -0.15) is 5.10 Å². The van der Waals surface area contributed by atoms with E-state index in [0.29, 0.717) is 23.9 Å². The Morgan fingerprint density at radius 3 is 2.70 bits per heavy atom. The van der Waals surface area contributed by atoms with E-state index in [1.165, 1.54) is 6.07 Å². The molecule has 0 fully saturated rings. The molecule has 0 saturated heterocycles. The summed E-state index contributed by atoms with van der Waals surface area (Å²) in [4.78, 5) is 23.8. The van der Waals surface area contributed by atoms with Crippen molar-refractivity contribution in [3.63, 3.8) is 0 Å². The molecule has 0 saturated carbocycles. The van der Waals surface area contributed by atoms with Gasteiger partial charge < -0.3 is 10.1 Å². The maximum atomic E-state index is 11.9. The van der Waals surface area contributed by atoms with Gasteiger partial charge in [-0.3, -0.25) is 9.59 Å². The fraction of sp³-hybridized carbons (Fsp3) is 0.353. The summed E-state index contributed by atoms with van der Waals surface area (Å²) in [5, 5.41) is 7.06. The predicted octanol–water partition coefficient (Wildman–Crippen LogP) is 1.69. The molecule has 1 N–H and O–H groups in total. The zero-order valence-electron chi connectivity index (χ0n) is 13.6. The molecule has 0 bridgehead atoms. The molecule has 6 heteroatoms. The van der Waals surface area contributed by atoms with E-state index in [-0.39, 0.29) is 18.0 Å². The highest BCUT2D eigenvalue weighted by Gasteiger charge is 2.10. The van der Waals surface area contributed by atoms with Crippen LogP contribution in [0, 0.1) is 5.92 Å². The van der Waals surface area contributed by atoms with Crippen molar-refractivity contribution in [1.82, 2.24) is 15.1 Å². The second kappa shape index (κ2) is 7.58. The van der Waals surface area contributed by atoms with E-state index in [0.717, 1.165) is 10.2 Å². The van der Waals surface area contributed by atoms with Crippen molar-refractivity contribution < 1.29 is 9.53 Å². The van der Waals surface area contributed by atoms with Gasteiger partial charge in [0.1, 0.15) is 12.3 Å². The topological polar surface area (TPSA) is 73.2 Å². The standard InChI is InChI=1S/C17H21N3O3/c1-12(2)10-18-16(21)11-20-17(22)9-8-14(19-20)13-6-4-5-7-15(13)23-3/h4-9,12H,10-11H2,1-3H3,(H,18,21). The van der Waals surface area contributed by atoms with Crippen LogP contribution < -0.4 is 15.6 Å². The Balaban J connectivity index is 2.26. The highest BCUT2D eigenvalue weighted by molar-refractivity contribution is 5.75. The molecule has 1 heterocycles. The van der Waals surface area contributed by atoms with Crippen LogP contribution in [0.4, 0.5) is 0 Å². The quantitative estimate of drug-likeness (QED) is 0.880. The van der Waals surface area contributed by atoms with Crippen LogP contribution >= 0.6 is 0 Å². The van der Waals surface area contributed by atoms with Crippen molar-refractivity contribution in [3.8, 4) is 17.0 Å². The second-order valence-electron chi connectivity index (χ2n) is 5.61. The molecule has 2 rings (SSSR count). The fourth-order valence-electron chi connectivity index (χ4n) is 2.07. The summed E-state index contributed by atoms with van der Waals surface area (Å²) in [6.45, 7) is 4.48. The molecule has 0 spiro atoms. The first-order valence-corrected chi connectivity index (χ1v) is 7.49. The number of amides is 1. The minimum absolute atomic E-state index is 0.103. The highest BCUT2D eigenvalue weighted by Crippen LogP contribution is 2.26. The van der Waals surface area contributed by atoms with Gasteiger partial charge in [0, 0.05) is 18.2 Å². The van der Waals surface area contributed by atoms with Crippen LogP contribution in [0.5, 0.6) is 5.75 Å². The average Bonchev–Trinajstić information content (AvgIpc) is 2.55. The number of carbonyl (C=O) groups is 1. The fourth-order valence-corrected chi connectivity index (χ4v) is 2.07. The van der Waals surface area contributed by atoms with Crippen LogP contribution in [-0.4, -0.2) is 29.3 Å². The summed E-state index contributed by atoms with van der Waals surface area (Å²) < 4.78 is 6.47. The van der Waals surface area contributed by atoms with Crippen molar-refractivity contribution in [3.05, 3.63) is 46.8 Å². The Morgan fingerprint density at radius 2 is 2.00 bits per heavy atom. The number of hydrogen-bond acceptors (Lipinski definition) is 4. The Kier molecular flexibility index (Phi) is 5.51. The highest BCUT2D eigenvalue weighted by atomic mass is 16.5. The lowest BCUT2D eigenvalue weighted by atomic mass is 10.1. The van der Waals surface area contributed by atoms with Gasteiger partial charge >= 0.3 is 0 Å². The number of aromatic nitrogens is 2. The average molecular weight is 315 g/mol. The van der Waals surface area contributed by atoms with Gasteiger partial charge in [0.2, 0.25) is 5.91 Å². The van der Waals surface area contributed by atoms with Crippen LogP contribution in [0.1, 0.15) is 13.8 Å². The number of methoxy groups -OCH3 is 1. The van der Waals surface area contributed by atoms with E-state index in [1.54, 1.807) is 13.2 Å². The largest absolute Gasteiger partial charge is 0.496 e. The van der Waals surface area contributed by atoms with Crippen molar-refractivity contribution in [2.24, 2.45) is 5.92 Å². The molecule has 0 radical (unpaired) electrons. The van der Waals surface area contributed by atoms with Crippen LogP contribution in [0.15, 0.2) is 41.2 Å². The van der Waals surface area contributed by atoms with Gasteiger partial charge in [-0.15, -0.1) is 0 Å². The SMILES string of the molecule is COc1ccccc1-c1ccc(=O)n(CC(=O)NCC(C)C)n1. The first-order chi connectivity index (χ1) is 11.0. The molecule has 0 aliphatic carbocycles. The molecule has 1 aromatic heterocycles. The monoisotopic (exact) mass is 315 g/mol. The number of benzene rings is 1. The lowest BCUT2D eigenvalue weighted by molar-refractivity contribution is -0.122. The van der Waals surface area contributed by atoms with Gasteiger partial charge in [-0.1, -0.05) is 26.0 Å². The third-order valence-electron chi connectivity index (χ3n) is 3.25. The van der Waals surface area contributed by atoms with E-state index >= 15 is 0 Å². The van der Waals surface area contributed by atoms with E-state index in [9.17, 15) is 9.59 Å². The number of para-hydroxylation sites is 1. The van der Waals surface area contributed by atoms with Gasteiger partial charge in [0.05, 0.1) is 12.8 Å². The maximum absolute atomic E-state index is 11.9. The first-order valence-electron chi connectivity index (χ1n) is 7.49. The molecule has 6 nitrogen and oxygen atoms in total. The molecule has 0 aliphatic rings. The third kappa shape index (κ3) is 4.42. The summed E-state index contributed by atoms with van der Waals surface area (Å²) >= 11 is 0. The predicted molar refractivity (Wildman–Crippen MR) is 88.3 cm³/mol. The molecular formula is C17H21N3O3. The Morgan fingerprint density at radius 1 is 1.26 bits per heavy atom. The molecule has 1 amide bonds. The van der Waals surface area contributed by atoms with E-state index in [2.05, 4.69) is 10.4 Å². The van der Waals surface area contributed by atoms with Crippen molar-refractivity contribution in [2.75, 3.05) is 13.7 Å². The number of rotatable bonds is 6. The smallest absolute Gasteiger partial charge is 0.267 e. The van der Waals surface area contributed by atoms with E-state index in [1.807, 2.05) is 38.1 Å². The van der Waals surface area contributed by atoms with Crippen molar-refractivity contribution in [1.29, 1.82) is 0 Å². The Bertz CT molecular complexity index is 738. The normalized spacial score (nSPS) is 10.6. The number of nitrogens with one attached hydrogen (secondary N) is 1. The number of hydrogen-bond donors (Lipinski definition) is 1. The second-order valence-corrected chi connectivity index (χ2v) is 5.61. The molecular weight excluding hydrogens is 294 g/mol. The number of carbonyl (C=O) groups excluding carboxylic acids is 1. The minimum atomic E-state index is -0.316. The maximum Gasteiger partial charge on any atom is 0.267 e. The van der Waals surface area contributed by atoms with E-state index in [4.69, 9.17) is 4.74 Å². The summed E-state index contributed by atoms with van der Waals surface area (Å²) in [6, 6.07) is 10.4. The zero-order chi connectivity index (χ0) is 16.8. The molecule has 122 valence electrons. The molecule has 2 aromatic rings. The van der Waals surface area contributed by atoms with Crippen molar-refractivity contribution in [2.45, 2.75) is 20.4 Å². The van der Waals surface area contributed by atoms with Crippen LogP contribution in [-0.2, 0) is 11.3 Å². The number of ether oxygens (including phenoxy) is 1. The zero-order valence-corrected chi connectivity index (χ0v) is 13.6. The Labute approximate surface area is 135 Å². The first kappa shape index (κ1) is 16.7. The summed E-state index contributed by atoms with van der Waals surface area (Å²) in [6.07, 6.45) is 0. The lowest BCUT2D eigenvalue weighted by Crippen LogP contribution is -2.35. The van der Waals surface area contributed by atoms with Crippen LogP contribution in [0.2, 0.25) is 0 Å². The molecule has 1 aromatic carbocycles. The molecule has 0 unspecified atom stereocenters. The summed E-state index contributed by atoms with van der Waals surface area (Å²) in [5.41, 5.74) is 1.04. The van der Waals surface area contributed by atoms with Gasteiger partial charge in [0.15, 0.2) is 0 Å². The number of nitrogens with zero attached hydrogens (tertiary/aromatic N) is 2. The van der Waals surface area contributed by atoms with Gasteiger partial charge in [-0.05, 0) is 24.1 Å². The van der Waals surface area contributed by atoms with Gasteiger partial charge in [-0.25, -0.2) is 4.68 Å². The van der Waals surface area contributed by atoms with Crippen molar-refractivity contribution >= 4 is 5.91 Å². The molecule has 0 atom stereocenters. The van der Waals surface area contributed by atoms with Crippen LogP contribution in [0.25, 0.3) is 11.3 Å². The Hall–Kier alpha value is -2.63. The third-order valence-corrected chi connectivity index (χ3v) is 3.25. The minimum Gasteiger partial charge on any atom is -0.496 e. The van der Waals surface area contributed by atoms with E-state index < -0.39 is 0 Å². The van der Waals surface area contributed by atoms with Crippen LogP contribution in [0.3, 0.4) is 0 Å². The van der Waals surface area contributed by atoms with Gasteiger partial charge in [0.25, 0.3) is 5.56 Å². The molecule has 23 heavy (non-hydrogen) atoms. The lowest BCUT2D eigenvalue weighted by Gasteiger charge is -2.11. The molecule has 0 aliphatic heterocycles. The summed E-state index contributed by atoms with van der Waals surface area (Å²) in [5.74, 6) is 0.781.